The maximum atomic E-state index is 13.7. The summed E-state index contributed by atoms with van der Waals surface area (Å²) >= 11 is 0. The van der Waals surface area contributed by atoms with Gasteiger partial charge in [0.2, 0.25) is 5.91 Å². The van der Waals surface area contributed by atoms with Crippen molar-refractivity contribution in [3.8, 4) is 11.1 Å². The number of nitrogens with one attached hydrogen (secondary N) is 3. The van der Waals surface area contributed by atoms with Crippen molar-refractivity contribution in [3.05, 3.63) is 75.5 Å². The molecule has 346 valence electrons. The number of anilines is 1. The van der Waals surface area contributed by atoms with E-state index in [-0.39, 0.29) is 35.7 Å². The first kappa shape index (κ1) is 49.3. The molecule has 18 heteroatoms. The van der Waals surface area contributed by atoms with E-state index in [0.29, 0.717) is 36.3 Å². The highest BCUT2D eigenvalue weighted by Crippen LogP contribution is 2.39. The predicted molar refractivity (Wildman–Crippen MR) is 238 cm³/mol. The summed E-state index contributed by atoms with van der Waals surface area (Å²) in [6.07, 6.45) is 2.66. The number of halogens is 5. The highest BCUT2D eigenvalue weighted by Gasteiger charge is 2.56. The fraction of sp³-hybridized carbons (Fsp3) is 0.578. The van der Waals surface area contributed by atoms with Gasteiger partial charge in [-0.05, 0) is 88.4 Å². The van der Waals surface area contributed by atoms with Crippen LogP contribution in [0.4, 0.5) is 27.8 Å². The van der Waals surface area contributed by atoms with Crippen LogP contribution < -0.4 is 21.1 Å². The second-order valence-electron chi connectivity index (χ2n) is 16.7. The van der Waals surface area contributed by atoms with Crippen LogP contribution in [0.5, 0.6) is 0 Å². The zero-order valence-corrected chi connectivity index (χ0v) is 37.5. The van der Waals surface area contributed by atoms with E-state index in [1.165, 1.54) is 0 Å². The lowest BCUT2D eigenvalue weighted by molar-refractivity contribution is -0.284. The second kappa shape index (κ2) is 22.8. The Bertz CT molecular complexity index is 2220. The zero-order valence-electron chi connectivity index (χ0n) is 36.7. The van der Waals surface area contributed by atoms with Gasteiger partial charge >= 0.3 is 12.1 Å². The first-order valence-electron chi connectivity index (χ1n) is 21.9. The molecule has 1 aliphatic heterocycles. The fourth-order valence-electron chi connectivity index (χ4n) is 7.79. The van der Waals surface area contributed by atoms with Gasteiger partial charge in [0, 0.05) is 115 Å². The average Bonchev–Trinajstić information content (AvgIpc) is 3.67. The molecule has 3 aromatic heterocycles. The molecule has 1 aromatic carbocycles. The van der Waals surface area contributed by atoms with E-state index < -0.39 is 35.7 Å². The maximum Gasteiger partial charge on any atom is 0.453 e. The SMILES string of the molecule is Cc1cc(C)c(CNC(=O)c2cc(-c3ccc(N4CCN(CCNC(=O)CCCCCCCCCS(=O)CCCC(F)(F)C(F)(F)F)CC4)nc3)cc3c2cnn3C(C)C)c(=O)[nH]1. The van der Waals surface area contributed by atoms with Crippen molar-refractivity contribution in [2.24, 2.45) is 0 Å². The third-order valence-corrected chi connectivity index (χ3v) is 12.9. The molecular weight excluding hydrogens is 844 g/mol. The number of hydrogen-bond donors (Lipinski definition) is 3. The van der Waals surface area contributed by atoms with Crippen LogP contribution >= 0.6 is 0 Å². The smallest absolute Gasteiger partial charge is 0.355 e. The summed E-state index contributed by atoms with van der Waals surface area (Å²) < 4.78 is 76.5. The summed E-state index contributed by atoms with van der Waals surface area (Å²) in [7, 11) is -1.40. The van der Waals surface area contributed by atoms with Crippen LogP contribution in [0.2, 0.25) is 0 Å². The molecule has 5 rings (SSSR count). The number of rotatable bonds is 23. The number of aryl methyl sites for hydroxylation is 2. The first-order chi connectivity index (χ1) is 29.9. The van der Waals surface area contributed by atoms with Gasteiger partial charge in [-0.3, -0.25) is 28.2 Å². The Labute approximate surface area is 368 Å². The van der Waals surface area contributed by atoms with E-state index in [1.54, 1.807) is 6.20 Å². The summed E-state index contributed by atoms with van der Waals surface area (Å²) in [6.45, 7) is 12.4. The number of carbonyl (C=O) groups is 2. The van der Waals surface area contributed by atoms with E-state index in [0.717, 1.165) is 110 Å². The number of nitrogens with zero attached hydrogens (tertiary/aromatic N) is 5. The molecule has 0 bridgehead atoms. The zero-order chi connectivity index (χ0) is 45.7. The molecule has 0 radical (unpaired) electrons. The van der Waals surface area contributed by atoms with Crippen LogP contribution in [0, 0.1) is 13.8 Å². The van der Waals surface area contributed by atoms with Crippen molar-refractivity contribution in [1.82, 2.24) is 35.3 Å². The minimum Gasteiger partial charge on any atom is -0.355 e. The molecule has 1 aliphatic rings. The molecule has 1 fully saturated rings. The van der Waals surface area contributed by atoms with Gasteiger partial charge < -0.3 is 20.5 Å². The van der Waals surface area contributed by atoms with Crippen molar-refractivity contribution in [3.63, 3.8) is 0 Å². The van der Waals surface area contributed by atoms with Crippen LogP contribution in [0.1, 0.15) is 111 Å². The Morgan fingerprint density at radius 1 is 0.857 bits per heavy atom. The molecule has 0 spiro atoms. The van der Waals surface area contributed by atoms with Gasteiger partial charge in [0.25, 0.3) is 11.5 Å². The highest BCUT2D eigenvalue weighted by atomic mass is 32.2. The van der Waals surface area contributed by atoms with Gasteiger partial charge in [-0.1, -0.05) is 32.1 Å². The number of aromatic nitrogens is 4. The first-order valence-corrected chi connectivity index (χ1v) is 23.4. The Kier molecular flexibility index (Phi) is 17.8. The van der Waals surface area contributed by atoms with Crippen LogP contribution in [-0.4, -0.2) is 104 Å². The number of alkyl halides is 5. The Morgan fingerprint density at radius 3 is 2.19 bits per heavy atom. The topological polar surface area (TPSA) is 145 Å². The molecular formula is C45H61F5N8O4S. The van der Waals surface area contributed by atoms with Gasteiger partial charge in [0.1, 0.15) is 5.82 Å². The number of benzene rings is 1. The molecule has 2 amide bonds. The van der Waals surface area contributed by atoms with Crippen LogP contribution in [0.15, 0.2) is 47.5 Å². The van der Waals surface area contributed by atoms with Crippen LogP contribution in [0.3, 0.4) is 0 Å². The number of fused-ring (bicyclic) bond motifs is 1. The summed E-state index contributed by atoms with van der Waals surface area (Å²) in [5.41, 5.74) is 4.85. The number of piperazine rings is 1. The summed E-state index contributed by atoms with van der Waals surface area (Å²) in [6, 6.07) is 9.85. The number of carbonyl (C=O) groups excluding carboxylic acids is 2. The highest BCUT2D eigenvalue weighted by molar-refractivity contribution is 7.84. The average molecular weight is 905 g/mol. The van der Waals surface area contributed by atoms with Gasteiger partial charge in [-0.2, -0.15) is 27.1 Å². The summed E-state index contributed by atoms with van der Waals surface area (Å²) in [5.74, 6) is -3.99. The molecule has 1 saturated heterocycles. The Balaban J connectivity index is 0.986. The standard InChI is InChI=1S/C45H61F5N8O4S/c1-31(2)58-39-27-35(26-36(38(39)30-54-58)42(60)53-29-37-32(3)25-33(4)55-43(37)61)34-14-15-40(52-28-34)57-21-19-56(20-22-57)18-17-51-41(59)13-10-8-6-5-7-9-11-23-63(62)24-12-16-44(46,47)45(48,49)50/h14-15,25-28,30-31H,5-13,16-24,29H2,1-4H3,(H,51,59)(H,53,60)(H,55,61). The van der Waals surface area contributed by atoms with E-state index in [1.807, 2.05) is 68.9 Å². The molecule has 0 aliphatic carbocycles. The molecule has 12 nitrogen and oxygen atoms in total. The van der Waals surface area contributed by atoms with E-state index in [2.05, 4.69) is 30.5 Å². The largest absolute Gasteiger partial charge is 0.453 e. The minimum atomic E-state index is -5.57. The normalized spacial score (nSPS) is 14.4. The van der Waals surface area contributed by atoms with Crippen molar-refractivity contribution < 1.29 is 35.8 Å². The number of unbranched alkanes of at least 4 members (excludes halogenated alkanes) is 6. The van der Waals surface area contributed by atoms with Gasteiger partial charge in [-0.15, -0.1) is 0 Å². The number of aromatic amines is 1. The minimum absolute atomic E-state index is 0.0305. The lowest BCUT2D eigenvalue weighted by atomic mass is 10.0. The van der Waals surface area contributed by atoms with E-state index in [4.69, 9.17) is 4.98 Å². The monoisotopic (exact) mass is 904 g/mol. The van der Waals surface area contributed by atoms with Gasteiger partial charge in [-0.25, -0.2) is 4.98 Å². The van der Waals surface area contributed by atoms with E-state index in [9.17, 15) is 40.5 Å². The van der Waals surface area contributed by atoms with Crippen LogP contribution in [-0.2, 0) is 22.1 Å². The Hall–Kier alpha value is -4.71. The van der Waals surface area contributed by atoms with Gasteiger partial charge in [0.15, 0.2) is 0 Å². The molecule has 63 heavy (non-hydrogen) atoms. The molecule has 3 N–H and O–H groups in total. The number of amides is 2. The molecule has 1 atom stereocenters. The third kappa shape index (κ3) is 14.1. The van der Waals surface area contributed by atoms with Crippen molar-refractivity contribution in [2.75, 3.05) is 55.7 Å². The number of H-pyrrole nitrogens is 1. The molecule has 1 unspecified atom stereocenters. The van der Waals surface area contributed by atoms with Gasteiger partial charge in [0.05, 0.1) is 17.3 Å². The summed E-state index contributed by atoms with van der Waals surface area (Å²) in [5, 5.41) is 11.3. The fourth-order valence-corrected chi connectivity index (χ4v) is 8.99. The quantitative estimate of drug-likeness (QED) is 0.0502. The predicted octanol–water partition coefficient (Wildman–Crippen LogP) is 8.00. The third-order valence-electron chi connectivity index (χ3n) is 11.5. The molecule has 0 saturated carbocycles. The Morgan fingerprint density at radius 2 is 1.54 bits per heavy atom. The van der Waals surface area contributed by atoms with Crippen LogP contribution in [0.25, 0.3) is 22.0 Å². The van der Waals surface area contributed by atoms with E-state index >= 15 is 0 Å². The maximum absolute atomic E-state index is 13.7. The van der Waals surface area contributed by atoms with Crippen molar-refractivity contribution in [2.45, 2.75) is 117 Å². The molecule has 4 aromatic rings. The van der Waals surface area contributed by atoms with Crippen molar-refractivity contribution >= 4 is 39.3 Å². The number of pyridine rings is 2. The van der Waals surface area contributed by atoms with Crippen molar-refractivity contribution in [1.29, 1.82) is 0 Å². The number of hydrogen-bond acceptors (Lipinski definition) is 8. The second-order valence-corrected chi connectivity index (χ2v) is 18.4. The summed E-state index contributed by atoms with van der Waals surface area (Å²) in [4.78, 5) is 50.9. The lowest BCUT2D eigenvalue weighted by Crippen LogP contribution is -2.48. The lowest BCUT2D eigenvalue weighted by Gasteiger charge is -2.35. The molecule has 4 heterocycles.